The number of fused-ring (bicyclic) bond motifs is 1. The molecule has 0 N–H and O–H groups in total. The van der Waals surface area contributed by atoms with Crippen LogP contribution < -0.4 is 0 Å². The molecule has 112 valence electrons. The first-order chi connectivity index (χ1) is 9.56. The van der Waals surface area contributed by atoms with E-state index < -0.39 is 0 Å². The highest BCUT2D eigenvalue weighted by Crippen LogP contribution is 2.34. The highest BCUT2D eigenvalue weighted by molar-refractivity contribution is 5.11. The Labute approximate surface area is 122 Å². The monoisotopic (exact) mass is 276 g/mol. The third-order valence-corrected chi connectivity index (χ3v) is 4.98. The molecule has 0 saturated heterocycles. The van der Waals surface area contributed by atoms with Gasteiger partial charge in [-0.1, -0.05) is 0 Å². The topological polar surface area (TPSA) is 24.3 Å². The van der Waals surface area contributed by atoms with Crippen LogP contribution in [-0.4, -0.2) is 45.5 Å². The highest BCUT2D eigenvalue weighted by Gasteiger charge is 2.31. The SMILES string of the molecule is CC(C)N(C)Cc1cnc2n1CCN(CC1CC1)[C@H]2C. The average Bonchev–Trinajstić information content (AvgIpc) is 3.13. The van der Waals surface area contributed by atoms with Gasteiger partial charge in [0.2, 0.25) is 0 Å². The van der Waals surface area contributed by atoms with Crippen LogP contribution in [0.3, 0.4) is 0 Å². The summed E-state index contributed by atoms with van der Waals surface area (Å²) in [4.78, 5) is 9.72. The lowest BCUT2D eigenvalue weighted by Crippen LogP contribution is -2.39. The van der Waals surface area contributed by atoms with Gasteiger partial charge in [0.1, 0.15) is 5.82 Å². The Morgan fingerprint density at radius 1 is 1.35 bits per heavy atom. The maximum absolute atomic E-state index is 4.72. The molecule has 0 aromatic carbocycles. The Balaban J connectivity index is 1.72. The third kappa shape index (κ3) is 2.77. The van der Waals surface area contributed by atoms with Crippen molar-refractivity contribution in [2.24, 2.45) is 5.92 Å². The predicted octanol–water partition coefficient (Wildman–Crippen LogP) is 2.51. The minimum absolute atomic E-state index is 0.474. The summed E-state index contributed by atoms with van der Waals surface area (Å²) in [6, 6.07) is 1.05. The lowest BCUT2D eigenvalue weighted by Gasteiger charge is -2.35. The fourth-order valence-corrected chi connectivity index (χ4v) is 3.05. The largest absolute Gasteiger partial charge is 0.328 e. The third-order valence-electron chi connectivity index (χ3n) is 4.98. The smallest absolute Gasteiger partial charge is 0.126 e. The van der Waals surface area contributed by atoms with Gasteiger partial charge in [-0.05, 0) is 46.6 Å². The molecule has 1 atom stereocenters. The minimum Gasteiger partial charge on any atom is -0.328 e. The molecule has 2 aliphatic rings. The number of imidazole rings is 1. The maximum atomic E-state index is 4.72. The van der Waals surface area contributed by atoms with E-state index in [0.29, 0.717) is 12.1 Å². The zero-order valence-electron chi connectivity index (χ0n) is 13.3. The summed E-state index contributed by atoms with van der Waals surface area (Å²) >= 11 is 0. The lowest BCUT2D eigenvalue weighted by molar-refractivity contribution is 0.154. The van der Waals surface area contributed by atoms with E-state index in [1.807, 2.05) is 0 Å². The molecule has 1 aromatic rings. The number of nitrogens with zero attached hydrogens (tertiary/aromatic N) is 4. The number of aromatic nitrogens is 2. The van der Waals surface area contributed by atoms with Crippen LogP contribution in [0.4, 0.5) is 0 Å². The number of rotatable bonds is 5. The zero-order valence-corrected chi connectivity index (χ0v) is 13.3. The number of hydrogen-bond donors (Lipinski definition) is 0. The van der Waals surface area contributed by atoms with Crippen molar-refractivity contribution in [3.63, 3.8) is 0 Å². The molecule has 20 heavy (non-hydrogen) atoms. The molecule has 0 amide bonds. The Bertz CT molecular complexity index is 461. The average molecular weight is 276 g/mol. The van der Waals surface area contributed by atoms with Crippen molar-refractivity contribution in [2.75, 3.05) is 20.1 Å². The predicted molar refractivity (Wildman–Crippen MR) is 81.5 cm³/mol. The van der Waals surface area contributed by atoms with E-state index >= 15 is 0 Å². The second-order valence-electron chi connectivity index (χ2n) is 6.88. The molecule has 0 unspecified atom stereocenters. The zero-order chi connectivity index (χ0) is 14.3. The van der Waals surface area contributed by atoms with Gasteiger partial charge in [-0.2, -0.15) is 0 Å². The Morgan fingerprint density at radius 3 is 2.75 bits per heavy atom. The van der Waals surface area contributed by atoms with E-state index in [1.54, 1.807) is 0 Å². The molecule has 1 aliphatic carbocycles. The first-order valence-corrected chi connectivity index (χ1v) is 8.05. The molecule has 0 radical (unpaired) electrons. The van der Waals surface area contributed by atoms with Gasteiger partial charge in [-0.15, -0.1) is 0 Å². The van der Waals surface area contributed by atoms with E-state index in [-0.39, 0.29) is 0 Å². The summed E-state index contributed by atoms with van der Waals surface area (Å²) in [6.45, 7) is 11.4. The maximum Gasteiger partial charge on any atom is 0.126 e. The van der Waals surface area contributed by atoms with Crippen LogP contribution in [-0.2, 0) is 13.1 Å². The summed E-state index contributed by atoms with van der Waals surface area (Å²) < 4.78 is 2.45. The van der Waals surface area contributed by atoms with E-state index in [2.05, 4.69) is 48.4 Å². The van der Waals surface area contributed by atoms with Gasteiger partial charge in [-0.3, -0.25) is 9.80 Å². The minimum atomic E-state index is 0.474. The van der Waals surface area contributed by atoms with E-state index in [4.69, 9.17) is 4.98 Å². The molecule has 0 spiro atoms. The van der Waals surface area contributed by atoms with Crippen molar-refractivity contribution in [3.8, 4) is 0 Å². The summed E-state index contributed by atoms with van der Waals surface area (Å²) in [5.74, 6) is 2.23. The molecule has 0 bridgehead atoms. The van der Waals surface area contributed by atoms with E-state index in [9.17, 15) is 0 Å². The van der Waals surface area contributed by atoms with Crippen molar-refractivity contribution in [2.45, 2.75) is 58.8 Å². The second-order valence-corrected chi connectivity index (χ2v) is 6.88. The highest BCUT2D eigenvalue weighted by atomic mass is 15.3. The van der Waals surface area contributed by atoms with Crippen LogP contribution in [0.15, 0.2) is 6.20 Å². The first-order valence-electron chi connectivity index (χ1n) is 8.05. The van der Waals surface area contributed by atoms with Gasteiger partial charge in [0, 0.05) is 38.4 Å². The van der Waals surface area contributed by atoms with Crippen LogP contribution >= 0.6 is 0 Å². The first kappa shape index (κ1) is 14.1. The van der Waals surface area contributed by atoms with Crippen molar-refractivity contribution in [1.29, 1.82) is 0 Å². The van der Waals surface area contributed by atoms with Crippen molar-refractivity contribution in [1.82, 2.24) is 19.4 Å². The summed E-state index contributed by atoms with van der Waals surface area (Å²) in [7, 11) is 2.19. The van der Waals surface area contributed by atoms with E-state index in [1.165, 1.54) is 37.4 Å². The molecular weight excluding hydrogens is 248 g/mol. The normalized spacial score (nSPS) is 23.6. The lowest BCUT2D eigenvalue weighted by atomic mass is 10.2. The molecule has 4 nitrogen and oxygen atoms in total. The Hall–Kier alpha value is -0.870. The van der Waals surface area contributed by atoms with Gasteiger partial charge in [0.15, 0.2) is 0 Å². The van der Waals surface area contributed by atoms with Crippen molar-refractivity contribution < 1.29 is 0 Å². The molecule has 1 saturated carbocycles. The second kappa shape index (κ2) is 5.49. The molecule has 1 aliphatic heterocycles. The van der Waals surface area contributed by atoms with Gasteiger partial charge >= 0.3 is 0 Å². The van der Waals surface area contributed by atoms with Crippen LogP contribution in [0.25, 0.3) is 0 Å². The standard InChI is InChI=1S/C16H28N4/c1-12(2)18(4)11-15-9-17-16-13(3)19(7-8-20(15)16)10-14-5-6-14/h9,12-14H,5-8,10-11H2,1-4H3/t13-/m0/s1. The molecule has 2 heterocycles. The molecular formula is C16H28N4. The summed E-state index contributed by atoms with van der Waals surface area (Å²) in [5.41, 5.74) is 1.37. The quantitative estimate of drug-likeness (QED) is 0.826. The summed E-state index contributed by atoms with van der Waals surface area (Å²) in [6.07, 6.45) is 4.95. The van der Waals surface area contributed by atoms with Gasteiger partial charge in [0.25, 0.3) is 0 Å². The van der Waals surface area contributed by atoms with Crippen molar-refractivity contribution >= 4 is 0 Å². The van der Waals surface area contributed by atoms with Crippen LogP contribution in [0.2, 0.25) is 0 Å². The van der Waals surface area contributed by atoms with Crippen LogP contribution in [0, 0.1) is 5.92 Å². The Kier molecular flexibility index (Phi) is 3.87. The van der Waals surface area contributed by atoms with Gasteiger partial charge in [0.05, 0.1) is 11.7 Å². The molecule has 3 rings (SSSR count). The van der Waals surface area contributed by atoms with Gasteiger partial charge < -0.3 is 4.57 Å². The fourth-order valence-electron chi connectivity index (χ4n) is 3.05. The van der Waals surface area contributed by atoms with Crippen LogP contribution in [0.1, 0.15) is 51.2 Å². The van der Waals surface area contributed by atoms with Gasteiger partial charge in [-0.25, -0.2) is 4.98 Å². The van der Waals surface area contributed by atoms with Crippen LogP contribution in [0.5, 0.6) is 0 Å². The summed E-state index contributed by atoms with van der Waals surface area (Å²) in [5, 5.41) is 0. The van der Waals surface area contributed by atoms with Crippen molar-refractivity contribution in [3.05, 3.63) is 17.7 Å². The fraction of sp³-hybridized carbons (Fsp3) is 0.812. The molecule has 1 fully saturated rings. The molecule has 4 heteroatoms. The molecule has 1 aromatic heterocycles. The van der Waals surface area contributed by atoms with E-state index in [0.717, 1.165) is 19.0 Å². The Morgan fingerprint density at radius 2 is 2.10 bits per heavy atom. The number of hydrogen-bond acceptors (Lipinski definition) is 3.